The molecule has 1 aliphatic heterocycles. The number of piperidine rings is 1. The summed E-state index contributed by atoms with van der Waals surface area (Å²) in [5, 5.41) is 0. The average molecular weight is 281 g/mol. The number of hydrogen-bond donors (Lipinski definition) is 1. The van der Waals surface area contributed by atoms with Crippen molar-refractivity contribution in [3.63, 3.8) is 0 Å². The summed E-state index contributed by atoms with van der Waals surface area (Å²) < 4.78 is 0. The molecule has 1 aliphatic carbocycles. The molecule has 4 nitrogen and oxygen atoms in total. The van der Waals surface area contributed by atoms with Gasteiger partial charge in [-0.3, -0.25) is 4.79 Å². The van der Waals surface area contributed by atoms with Crippen LogP contribution < -0.4 is 5.73 Å². The van der Waals surface area contributed by atoms with Crippen LogP contribution in [0.4, 0.5) is 0 Å². The van der Waals surface area contributed by atoms with Gasteiger partial charge in [-0.2, -0.15) is 0 Å². The first kappa shape index (κ1) is 15.8. The van der Waals surface area contributed by atoms with Gasteiger partial charge >= 0.3 is 0 Å². The molecule has 2 atom stereocenters. The van der Waals surface area contributed by atoms with E-state index in [4.69, 9.17) is 5.73 Å². The molecule has 116 valence electrons. The Labute approximate surface area is 123 Å². The third-order valence-electron chi connectivity index (χ3n) is 5.21. The molecular formula is C16H31N3O. The van der Waals surface area contributed by atoms with Crippen LogP contribution in [0.2, 0.25) is 0 Å². The lowest BCUT2D eigenvalue weighted by Gasteiger charge is -2.38. The second-order valence-electron chi connectivity index (χ2n) is 6.83. The molecule has 20 heavy (non-hydrogen) atoms. The topological polar surface area (TPSA) is 49.6 Å². The Morgan fingerprint density at radius 3 is 2.50 bits per heavy atom. The predicted octanol–water partition coefficient (Wildman–Crippen LogP) is 1.69. The van der Waals surface area contributed by atoms with Gasteiger partial charge in [-0.05, 0) is 58.7 Å². The lowest BCUT2D eigenvalue weighted by atomic mass is 9.79. The molecule has 0 aromatic heterocycles. The Hall–Kier alpha value is -0.610. The van der Waals surface area contributed by atoms with Crippen molar-refractivity contribution in [1.82, 2.24) is 9.80 Å². The van der Waals surface area contributed by atoms with Crippen molar-refractivity contribution in [2.24, 2.45) is 17.6 Å². The molecule has 1 saturated carbocycles. The molecule has 2 fully saturated rings. The van der Waals surface area contributed by atoms with Gasteiger partial charge in [0.25, 0.3) is 0 Å². The van der Waals surface area contributed by atoms with Crippen molar-refractivity contribution in [1.29, 1.82) is 0 Å². The molecule has 1 saturated heterocycles. The van der Waals surface area contributed by atoms with Crippen LogP contribution in [0.15, 0.2) is 0 Å². The van der Waals surface area contributed by atoms with Crippen LogP contribution in [0.5, 0.6) is 0 Å². The van der Waals surface area contributed by atoms with Gasteiger partial charge in [0, 0.05) is 25.0 Å². The summed E-state index contributed by atoms with van der Waals surface area (Å²) in [6.45, 7) is 2.65. The van der Waals surface area contributed by atoms with Crippen LogP contribution in [-0.2, 0) is 4.79 Å². The Morgan fingerprint density at radius 1 is 1.20 bits per heavy atom. The maximum atomic E-state index is 12.7. The molecule has 2 aliphatic rings. The molecule has 1 amide bonds. The van der Waals surface area contributed by atoms with E-state index >= 15 is 0 Å². The number of carbonyl (C=O) groups excluding carboxylic acids is 1. The van der Waals surface area contributed by atoms with Gasteiger partial charge in [-0.25, -0.2) is 0 Å². The lowest BCUT2D eigenvalue weighted by Crippen LogP contribution is -2.47. The zero-order valence-electron chi connectivity index (χ0n) is 13.2. The van der Waals surface area contributed by atoms with Crippen molar-refractivity contribution < 1.29 is 4.79 Å². The molecule has 0 aromatic carbocycles. The summed E-state index contributed by atoms with van der Waals surface area (Å²) in [4.78, 5) is 17.1. The van der Waals surface area contributed by atoms with Crippen molar-refractivity contribution >= 4 is 5.91 Å². The van der Waals surface area contributed by atoms with Gasteiger partial charge in [0.05, 0.1) is 0 Å². The highest BCUT2D eigenvalue weighted by molar-refractivity contribution is 5.79. The number of amides is 1. The summed E-state index contributed by atoms with van der Waals surface area (Å²) in [5.74, 6) is 1.38. The minimum atomic E-state index is 0.274. The number of hydrogen-bond acceptors (Lipinski definition) is 3. The largest absolute Gasteiger partial charge is 0.342 e. The minimum Gasteiger partial charge on any atom is -0.342 e. The number of nitrogens with two attached hydrogens (primary N) is 1. The zero-order valence-corrected chi connectivity index (χ0v) is 13.2. The Morgan fingerprint density at radius 2 is 1.90 bits per heavy atom. The lowest BCUT2D eigenvalue weighted by molar-refractivity contribution is -0.138. The third-order valence-corrected chi connectivity index (χ3v) is 5.21. The van der Waals surface area contributed by atoms with Crippen LogP contribution >= 0.6 is 0 Å². The van der Waals surface area contributed by atoms with Crippen molar-refractivity contribution in [3.05, 3.63) is 0 Å². The maximum absolute atomic E-state index is 12.7. The Bertz CT molecular complexity index is 309. The molecule has 0 spiro atoms. The highest BCUT2D eigenvalue weighted by Gasteiger charge is 2.32. The third kappa shape index (κ3) is 3.95. The van der Waals surface area contributed by atoms with Crippen LogP contribution in [0.25, 0.3) is 0 Å². The normalized spacial score (nSPS) is 28.9. The van der Waals surface area contributed by atoms with E-state index in [1.165, 1.54) is 12.8 Å². The summed E-state index contributed by atoms with van der Waals surface area (Å²) in [6, 6.07) is 0.649. The van der Waals surface area contributed by atoms with Crippen molar-refractivity contribution in [2.75, 3.05) is 33.7 Å². The second kappa shape index (κ2) is 7.41. The fourth-order valence-corrected chi connectivity index (χ4v) is 3.87. The van der Waals surface area contributed by atoms with Crippen LogP contribution in [0, 0.1) is 11.8 Å². The van der Waals surface area contributed by atoms with Crippen LogP contribution in [0.3, 0.4) is 0 Å². The van der Waals surface area contributed by atoms with Gasteiger partial charge < -0.3 is 15.5 Å². The number of carbonyl (C=O) groups is 1. The van der Waals surface area contributed by atoms with Crippen molar-refractivity contribution in [3.8, 4) is 0 Å². The van der Waals surface area contributed by atoms with Gasteiger partial charge in [0.1, 0.15) is 0 Å². The molecule has 4 heteroatoms. The predicted molar refractivity (Wildman–Crippen MR) is 82.4 cm³/mol. The van der Waals surface area contributed by atoms with E-state index in [9.17, 15) is 4.79 Å². The summed E-state index contributed by atoms with van der Waals surface area (Å²) in [7, 11) is 4.28. The molecule has 2 N–H and O–H groups in total. The molecule has 0 radical (unpaired) electrons. The fraction of sp³-hybridized carbons (Fsp3) is 0.938. The van der Waals surface area contributed by atoms with Crippen LogP contribution in [0.1, 0.15) is 44.9 Å². The highest BCUT2D eigenvalue weighted by Crippen LogP contribution is 2.32. The summed E-state index contributed by atoms with van der Waals surface area (Å²) in [5.41, 5.74) is 5.67. The van der Waals surface area contributed by atoms with E-state index in [-0.39, 0.29) is 5.92 Å². The van der Waals surface area contributed by atoms with E-state index in [1.807, 2.05) is 0 Å². The molecule has 0 bridgehead atoms. The smallest absolute Gasteiger partial charge is 0.225 e. The van der Waals surface area contributed by atoms with Crippen molar-refractivity contribution in [2.45, 2.75) is 51.0 Å². The summed E-state index contributed by atoms with van der Waals surface area (Å²) >= 11 is 0. The first-order valence-corrected chi connectivity index (χ1v) is 8.27. The van der Waals surface area contributed by atoms with Gasteiger partial charge in [-0.15, -0.1) is 0 Å². The number of rotatable bonds is 4. The SMILES string of the molecule is CN(C)C1CCN(C(=O)C2CCCC(CCN)C2)CC1. The van der Waals surface area contributed by atoms with E-state index in [0.717, 1.165) is 51.7 Å². The molecule has 2 unspecified atom stereocenters. The van der Waals surface area contributed by atoms with E-state index < -0.39 is 0 Å². The maximum Gasteiger partial charge on any atom is 0.225 e. The monoisotopic (exact) mass is 281 g/mol. The average Bonchev–Trinajstić information content (AvgIpc) is 2.47. The van der Waals surface area contributed by atoms with E-state index in [1.54, 1.807) is 0 Å². The Kier molecular flexibility index (Phi) is 5.85. The first-order chi connectivity index (χ1) is 9.61. The first-order valence-electron chi connectivity index (χ1n) is 8.27. The minimum absolute atomic E-state index is 0.274. The van der Waals surface area contributed by atoms with E-state index in [0.29, 0.717) is 17.9 Å². The fourth-order valence-electron chi connectivity index (χ4n) is 3.87. The second-order valence-corrected chi connectivity index (χ2v) is 6.83. The Balaban J connectivity index is 1.82. The molecule has 2 rings (SSSR count). The number of likely N-dealkylation sites (tertiary alicyclic amines) is 1. The highest BCUT2D eigenvalue weighted by atomic mass is 16.2. The quantitative estimate of drug-likeness (QED) is 0.853. The summed E-state index contributed by atoms with van der Waals surface area (Å²) in [6.07, 6.45) is 7.97. The molecule has 1 heterocycles. The van der Waals surface area contributed by atoms with Gasteiger partial charge in [-0.1, -0.05) is 12.8 Å². The zero-order chi connectivity index (χ0) is 14.5. The molecule has 0 aromatic rings. The van der Waals surface area contributed by atoms with Gasteiger partial charge in [0.15, 0.2) is 0 Å². The standard InChI is InChI=1S/C16H31N3O/c1-18(2)15-7-10-19(11-8-15)16(20)14-5-3-4-13(12-14)6-9-17/h13-15H,3-12,17H2,1-2H3. The van der Waals surface area contributed by atoms with Crippen LogP contribution in [-0.4, -0.2) is 55.5 Å². The van der Waals surface area contributed by atoms with E-state index in [2.05, 4.69) is 23.9 Å². The number of nitrogens with zero attached hydrogens (tertiary/aromatic N) is 2. The molecular weight excluding hydrogens is 250 g/mol. The van der Waals surface area contributed by atoms with Gasteiger partial charge in [0.2, 0.25) is 5.91 Å².